The maximum absolute atomic E-state index is 13.6. The maximum atomic E-state index is 13.6. The van der Waals surface area contributed by atoms with Crippen LogP contribution in [0.15, 0.2) is 17.8 Å². The van der Waals surface area contributed by atoms with Crippen molar-refractivity contribution in [3.63, 3.8) is 0 Å². The molecule has 0 N–H and O–H groups in total. The van der Waals surface area contributed by atoms with E-state index >= 15 is 0 Å². The zero-order valence-electron chi connectivity index (χ0n) is 10.6. The monoisotopic (exact) mass is 300 g/mol. The largest absolute Gasteiger partial charge is 0.383 e. The van der Waals surface area contributed by atoms with Crippen LogP contribution in [0.5, 0.6) is 0 Å². The second kappa shape index (κ2) is 6.05. The highest BCUT2D eigenvalue weighted by Gasteiger charge is 2.21. The first-order chi connectivity index (χ1) is 8.79. The van der Waals surface area contributed by atoms with E-state index in [-0.39, 0.29) is 21.2 Å². The van der Waals surface area contributed by atoms with Crippen molar-refractivity contribution in [3.05, 3.63) is 44.8 Å². The van der Waals surface area contributed by atoms with Crippen molar-refractivity contribution < 1.29 is 9.18 Å². The van der Waals surface area contributed by atoms with Crippen LogP contribution in [0.25, 0.3) is 0 Å². The van der Waals surface area contributed by atoms with Crippen molar-refractivity contribution >= 4 is 29.0 Å². The molecule has 3 nitrogen and oxygen atoms in total. The number of ketones is 1. The Morgan fingerprint density at radius 1 is 1.42 bits per heavy atom. The third kappa shape index (κ3) is 3.25. The first kappa shape index (κ1) is 15.5. The molecule has 6 heteroatoms. The Kier molecular flexibility index (Phi) is 4.93. The Labute approximate surface area is 120 Å². The zero-order valence-corrected chi connectivity index (χ0v) is 12.1. The van der Waals surface area contributed by atoms with Crippen molar-refractivity contribution in [1.29, 1.82) is 5.26 Å². The van der Waals surface area contributed by atoms with Gasteiger partial charge in [-0.2, -0.15) is 5.26 Å². The SMILES string of the molecule is CC(=CN(C)C)C(=O)c1cc(F)c(Cl)c(C#N)c1Cl. The average molecular weight is 301 g/mol. The third-order valence-electron chi connectivity index (χ3n) is 2.32. The van der Waals surface area contributed by atoms with E-state index in [0.717, 1.165) is 6.07 Å². The lowest BCUT2D eigenvalue weighted by atomic mass is 10.0. The first-order valence-corrected chi connectivity index (χ1v) is 6.02. The van der Waals surface area contributed by atoms with Gasteiger partial charge in [0, 0.05) is 31.4 Å². The average Bonchev–Trinajstić information content (AvgIpc) is 2.33. The molecule has 0 saturated heterocycles. The van der Waals surface area contributed by atoms with E-state index in [9.17, 15) is 9.18 Å². The van der Waals surface area contributed by atoms with Crippen LogP contribution < -0.4 is 0 Å². The summed E-state index contributed by atoms with van der Waals surface area (Å²) in [7, 11) is 3.50. The molecule has 0 radical (unpaired) electrons. The van der Waals surface area contributed by atoms with E-state index in [1.165, 1.54) is 0 Å². The van der Waals surface area contributed by atoms with Crippen LogP contribution in [0.3, 0.4) is 0 Å². The Morgan fingerprint density at radius 3 is 2.47 bits per heavy atom. The van der Waals surface area contributed by atoms with Gasteiger partial charge < -0.3 is 4.90 Å². The van der Waals surface area contributed by atoms with Gasteiger partial charge in [-0.15, -0.1) is 0 Å². The number of carbonyl (C=O) groups excluding carboxylic acids is 1. The van der Waals surface area contributed by atoms with Crippen molar-refractivity contribution in [1.82, 2.24) is 4.90 Å². The minimum Gasteiger partial charge on any atom is -0.383 e. The molecule has 0 aliphatic heterocycles. The highest BCUT2D eigenvalue weighted by atomic mass is 35.5. The van der Waals surface area contributed by atoms with Gasteiger partial charge in [0.1, 0.15) is 11.9 Å². The number of rotatable bonds is 3. The van der Waals surface area contributed by atoms with Gasteiger partial charge in [-0.05, 0) is 13.0 Å². The summed E-state index contributed by atoms with van der Waals surface area (Å²) in [6, 6.07) is 2.64. The highest BCUT2D eigenvalue weighted by molar-refractivity contribution is 6.39. The predicted octanol–water partition coefficient (Wildman–Crippen LogP) is 3.65. The van der Waals surface area contributed by atoms with E-state index in [4.69, 9.17) is 28.5 Å². The maximum Gasteiger partial charge on any atom is 0.191 e. The van der Waals surface area contributed by atoms with Crippen LogP contribution in [-0.2, 0) is 0 Å². The minimum atomic E-state index is -0.844. The molecule has 1 aromatic carbocycles. The van der Waals surface area contributed by atoms with Crippen LogP contribution in [0.2, 0.25) is 10.0 Å². The van der Waals surface area contributed by atoms with Crippen LogP contribution in [0.4, 0.5) is 4.39 Å². The number of benzene rings is 1. The third-order valence-corrected chi connectivity index (χ3v) is 3.08. The second-order valence-electron chi connectivity index (χ2n) is 4.13. The number of nitriles is 1. The molecule has 0 bridgehead atoms. The fourth-order valence-electron chi connectivity index (χ4n) is 1.53. The number of halogens is 3. The molecule has 0 atom stereocenters. The van der Waals surface area contributed by atoms with E-state index in [1.54, 1.807) is 38.2 Å². The van der Waals surface area contributed by atoms with E-state index < -0.39 is 11.6 Å². The van der Waals surface area contributed by atoms with Crippen LogP contribution in [0.1, 0.15) is 22.8 Å². The Bertz CT molecular complexity index is 604. The number of hydrogen-bond acceptors (Lipinski definition) is 3. The number of hydrogen-bond donors (Lipinski definition) is 0. The first-order valence-electron chi connectivity index (χ1n) is 5.26. The van der Waals surface area contributed by atoms with Gasteiger partial charge in [0.05, 0.1) is 15.6 Å². The summed E-state index contributed by atoms with van der Waals surface area (Å²) >= 11 is 11.5. The summed E-state index contributed by atoms with van der Waals surface area (Å²) in [6.45, 7) is 1.58. The van der Waals surface area contributed by atoms with E-state index in [1.807, 2.05) is 0 Å². The molecule has 0 amide bonds. The minimum absolute atomic E-state index is 0.0734. The van der Waals surface area contributed by atoms with Crippen molar-refractivity contribution in [2.45, 2.75) is 6.92 Å². The predicted molar refractivity (Wildman–Crippen MR) is 72.9 cm³/mol. The van der Waals surface area contributed by atoms with Crippen molar-refractivity contribution in [2.24, 2.45) is 0 Å². The molecule has 0 heterocycles. The van der Waals surface area contributed by atoms with E-state index in [0.29, 0.717) is 5.57 Å². The Hall–Kier alpha value is -1.57. The number of allylic oxidation sites excluding steroid dienone is 1. The summed E-state index contributed by atoms with van der Waals surface area (Å²) < 4.78 is 13.6. The molecule has 0 unspecified atom stereocenters. The van der Waals surface area contributed by atoms with Crippen LogP contribution in [-0.4, -0.2) is 24.8 Å². The normalized spacial score (nSPS) is 11.1. The van der Waals surface area contributed by atoms with Crippen molar-refractivity contribution in [3.8, 4) is 6.07 Å². The lowest BCUT2D eigenvalue weighted by Crippen LogP contribution is -2.09. The highest BCUT2D eigenvalue weighted by Crippen LogP contribution is 2.31. The smallest absolute Gasteiger partial charge is 0.191 e. The summed E-state index contributed by atoms with van der Waals surface area (Å²) in [5.41, 5.74) is 0.0672. The number of carbonyl (C=O) groups is 1. The quantitative estimate of drug-likeness (QED) is 0.486. The number of nitrogens with zero attached hydrogens (tertiary/aromatic N) is 2. The van der Waals surface area contributed by atoms with Gasteiger partial charge in [0.2, 0.25) is 0 Å². The molecular weight excluding hydrogens is 290 g/mol. The Morgan fingerprint density at radius 2 is 2.00 bits per heavy atom. The molecule has 0 aliphatic rings. The molecule has 100 valence electrons. The van der Waals surface area contributed by atoms with Gasteiger partial charge in [-0.3, -0.25) is 4.79 Å². The molecule has 0 fully saturated rings. The van der Waals surface area contributed by atoms with Crippen LogP contribution in [0, 0.1) is 17.1 Å². The lowest BCUT2D eigenvalue weighted by Gasteiger charge is -2.10. The Balaban J connectivity index is 3.42. The summed E-state index contributed by atoms with van der Waals surface area (Å²) in [5.74, 6) is -1.30. The second-order valence-corrected chi connectivity index (χ2v) is 4.88. The van der Waals surface area contributed by atoms with Gasteiger partial charge in [0.25, 0.3) is 0 Å². The molecule has 19 heavy (non-hydrogen) atoms. The van der Waals surface area contributed by atoms with Gasteiger partial charge in [-0.1, -0.05) is 23.2 Å². The molecule has 1 aromatic rings. The van der Waals surface area contributed by atoms with Gasteiger partial charge >= 0.3 is 0 Å². The van der Waals surface area contributed by atoms with E-state index in [2.05, 4.69) is 0 Å². The molecular formula is C13H11Cl2FN2O. The molecule has 0 spiro atoms. The topological polar surface area (TPSA) is 44.1 Å². The number of Topliss-reactive ketones (excluding diaryl/α,β-unsaturated/α-hetero) is 1. The van der Waals surface area contributed by atoms with Crippen molar-refractivity contribution in [2.75, 3.05) is 14.1 Å². The fourth-order valence-corrected chi connectivity index (χ4v) is 2.04. The van der Waals surface area contributed by atoms with Crippen LogP contribution >= 0.6 is 23.2 Å². The molecule has 0 saturated carbocycles. The molecule has 0 aromatic heterocycles. The van der Waals surface area contributed by atoms with Gasteiger partial charge in [-0.25, -0.2) is 4.39 Å². The lowest BCUT2D eigenvalue weighted by molar-refractivity contribution is 0.103. The molecule has 0 aliphatic carbocycles. The molecule has 1 rings (SSSR count). The fraction of sp³-hybridized carbons (Fsp3) is 0.231. The summed E-state index contributed by atoms with van der Waals surface area (Å²) in [4.78, 5) is 13.8. The van der Waals surface area contributed by atoms with Gasteiger partial charge in [0.15, 0.2) is 5.78 Å². The summed E-state index contributed by atoms with van der Waals surface area (Å²) in [5, 5.41) is 8.38. The zero-order chi connectivity index (χ0) is 14.7. The standard InChI is InChI=1S/C13H11Cl2FN2O/c1-7(6-18(2)3)13(19)8-4-10(16)12(15)9(5-17)11(8)14/h4,6H,1-3H3. The summed E-state index contributed by atoms with van der Waals surface area (Å²) in [6.07, 6.45) is 1.58.